The van der Waals surface area contributed by atoms with E-state index in [1.54, 1.807) is 6.92 Å². The lowest BCUT2D eigenvalue weighted by molar-refractivity contribution is -0.280. The third kappa shape index (κ3) is 2.00. The van der Waals surface area contributed by atoms with E-state index in [4.69, 9.17) is 14.6 Å². The zero-order valence-corrected chi connectivity index (χ0v) is 7.75. The van der Waals surface area contributed by atoms with Gasteiger partial charge in [-0.1, -0.05) is 6.92 Å². The molecule has 2 unspecified atom stereocenters. The van der Waals surface area contributed by atoms with Crippen molar-refractivity contribution < 1.29 is 24.8 Å². The molecule has 1 rings (SSSR count). The Balaban J connectivity index is 2.66. The van der Waals surface area contributed by atoms with Gasteiger partial charge in [-0.3, -0.25) is 0 Å². The zero-order chi connectivity index (χ0) is 10.0. The van der Waals surface area contributed by atoms with Crippen LogP contribution >= 0.6 is 0 Å². The summed E-state index contributed by atoms with van der Waals surface area (Å²) in [6.45, 7) is 1.52. The van der Waals surface area contributed by atoms with Crippen LogP contribution < -0.4 is 0 Å². The Labute approximate surface area is 76.9 Å². The molecule has 0 aromatic carbocycles. The van der Waals surface area contributed by atoms with Crippen LogP contribution in [0.5, 0.6) is 0 Å². The second-order valence-corrected chi connectivity index (χ2v) is 3.30. The molecular formula is C8H16O5. The number of hydrogen-bond donors (Lipinski definition) is 3. The lowest BCUT2D eigenvalue weighted by Gasteiger charge is -2.40. The molecule has 1 saturated heterocycles. The quantitative estimate of drug-likeness (QED) is 0.507. The smallest absolute Gasteiger partial charge is 0.186 e. The second kappa shape index (κ2) is 4.34. The molecule has 0 aliphatic carbocycles. The molecule has 0 bridgehead atoms. The van der Waals surface area contributed by atoms with E-state index in [0.717, 1.165) is 0 Å². The second-order valence-electron chi connectivity index (χ2n) is 3.30. The van der Waals surface area contributed by atoms with E-state index in [0.29, 0.717) is 0 Å². The van der Waals surface area contributed by atoms with E-state index in [2.05, 4.69) is 0 Å². The van der Waals surface area contributed by atoms with Gasteiger partial charge in [-0.15, -0.1) is 0 Å². The number of rotatable bonds is 2. The van der Waals surface area contributed by atoms with Gasteiger partial charge in [0.2, 0.25) is 0 Å². The van der Waals surface area contributed by atoms with Gasteiger partial charge < -0.3 is 24.8 Å². The van der Waals surface area contributed by atoms with E-state index >= 15 is 0 Å². The van der Waals surface area contributed by atoms with Crippen molar-refractivity contribution in [3.8, 4) is 0 Å². The predicted octanol–water partition coefficient (Wildman–Crippen LogP) is -1.29. The topological polar surface area (TPSA) is 79.2 Å². The maximum Gasteiger partial charge on any atom is 0.186 e. The van der Waals surface area contributed by atoms with Gasteiger partial charge in [0.15, 0.2) is 6.29 Å². The maximum atomic E-state index is 9.53. The highest BCUT2D eigenvalue weighted by Crippen LogP contribution is 2.25. The molecule has 0 aromatic rings. The van der Waals surface area contributed by atoms with Crippen molar-refractivity contribution in [3.05, 3.63) is 0 Å². The number of aliphatic hydroxyl groups is 3. The Morgan fingerprint density at radius 2 is 1.92 bits per heavy atom. The summed E-state index contributed by atoms with van der Waals surface area (Å²) in [6, 6.07) is 0. The minimum Gasteiger partial charge on any atom is -0.394 e. The average molecular weight is 192 g/mol. The van der Waals surface area contributed by atoms with Crippen LogP contribution in [0.1, 0.15) is 6.92 Å². The first-order chi connectivity index (χ1) is 6.11. The van der Waals surface area contributed by atoms with E-state index < -0.39 is 24.6 Å². The monoisotopic (exact) mass is 192 g/mol. The summed E-state index contributed by atoms with van der Waals surface area (Å²) in [6.07, 6.45) is -3.31. The highest BCUT2D eigenvalue weighted by molar-refractivity contribution is 4.86. The number of hydrogen-bond acceptors (Lipinski definition) is 5. The summed E-state index contributed by atoms with van der Waals surface area (Å²) in [5.41, 5.74) is 0. The molecule has 5 heteroatoms. The summed E-state index contributed by atoms with van der Waals surface area (Å²) >= 11 is 0. The molecule has 1 aliphatic heterocycles. The average Bonchev–Trinajstić information content (AvgIpc) is 2.15. The first-order valence-electron chi connectivity index (χ1n) is 4.27. The Kier molecular flexibility index (Phi) is 3.63. The minimum atomic E-state index is -1.05. The molecule has 13 heavy (non-hydrogen) atoms. The van der Waals surface area contributed by atoms with Crippen LogP contribution in [0.4, 0.5) is 0 Å². The summed E-state index contributed by atoms with van der Waals surface area (Å²) < 4.78 is 10.0. The molecule has 3 N–H and O–H groups in total. The van der Waals surface area contributed by atoms with Crippen molar-refractivity contribution in [1.82, 2.24) is 0 Å². The SMILES string of the molecule is CO[C@H]1OC(CO)[C@H](C)[C@@H](O)C1O. The summed E-state index contributed by atoms with van der Waals surface area (Å²) in [7, 11) is 1.38. The van der Waals surface area contributed by atoms with Gasteiger partial charge >= 0.3 is 0 Å². The van der Waals surface area contributed by atoms with Gasteiger partial charge in [-0.05, 0) is 0 Å². The fourth-order valence-corrected chi connectivity index (χ4v) is 1.47. The van der Waals surface area contributed by atoms with E-state index in [-0.39, 0.29) is 12.5 Å². The number of methoxy groups -OCH3 is 1. The van der Waals surface area contributed by atoms with Crippen LogP contribution in [0.2, 0.25) is 0 Å². The normalized spacial score (nSPS) is 46.4. The molecule has 1 aliphatic rings. The van der Waals surface area contributed by atoms with Crippen molar-refractivity contribution in [3.63, 3.8) is 0 Å². The first-order valence-corrected chi connectivity index (χ1v) is 4.27. The fourth-order valence-electron chi connectivity index (χ4n) is 1.47. The highest BCUT2D eigenvalue weighted by atomic mass is 16.7. The molecular weight excluding hydrogens is 176 g/mol. The van der Waals surface area contributed by atoms with E-state index in [1.165, 1.54) is 7.11 Å². The standard InChI is InChI=1S/C8H16O5/c1-4-5(3-9)13-8(12-2)7(11)6(4)10/h4-11H,3H2,1-2H3/t4-,5?,6+,7?,8-/m0/s1. The van der Waals surface area contributed by atoms with Gasteiger partial charge in [-0.2, -0.15) is 0 Å². The third-order valence-electron chi connectivity index (χ3n) is 2.48. The van der Waals surface area contributed by atoms with Crippen molar-refractivity contribution in [2.45, 2.75) is 31.5 Å². The van der Waals surface area contributed by atoms with Crippen molar-refractivity contribution in [2.24, 2.45) is 5.92 Å². The van der Waals surface area contributed by atoms with Crippen molar-refractivity contribution in [1.29, 1.82) is 0 Å². The van der Waals surface area contributed by atoms with Crippen LogP contribution in [-0.2, 0) is 9.47 Å². The lowest BCUT2D eigenvalue weighted by atomic mass is 9.91. The Hall–Kier alpha value is -0.200. The zero-order valence-electron chi connectivity index (χ0n) is 7.75. The lowest BCUT2D eigenvalue weighted by Crippen LogP contribution is -2.55. The number of ether oxygens (including phenoxy) is 2. The van der Waals surface area contributed by atoms with Gasteiger partial charge in [-0.25, -0.2) is 0 Å². The molecule has 1 fully saturated rings. The molecule has 0 radical (unpaired) electrons. The molecule has 0 aromatic heterocycles. The molecule has 5 atom stereocenters. The van der Waals surface area contributed by atoms with Crippen LogP contribution in [0, 0.1) is 5.92 Å². The van der Waals surface area contributed by atoms with Crippen molar-refractivity contribution >= 4 is 0 Å². The van der Waals surface area contributed by atoms with Gasteiger partial charge in [0.25, 0.3) is 0 Å². The van der Waals surface area contributed by atoms with E-state index in [1.807, 2.05) is 0 Å². The van der Waals surface area contributed by atoms with Crippen LogP contribution in [-0.4, -0.2) is 53.6 Å². The molecule has 0 saturated carbocycles. The summed E-state index contributed by atoms with van der Waals surface area (Å²) in [5, 5.41) is 27.9. The van der Waals surface area contributed by atoms with Crippen LogP contribution in [0.25, 0.3) is 0 Å². The highest BCUT2D eigenvalue weighted by Gasteiger charge is 2.41. The van der Waals surface area contributed by atoms with Gasteiger partial charge in [0.05, 0.1) is 18.8 Å². The Morgan fingerprint density at radius 1 is 1.31 bits per heavy atom. The molecule has 1 heterocycles. The minimum absolute atomic E-state index is 0.190. The Morgan fingerprint density at radius 3 is 2.38 bits per heavy atom. The van der Waals surface area contributed by atoms with Crippen molar-refractivity contribution in [2.75, 3.05) is 13.7 Å². The van der Waals surface area contributed by atoms with Gasteiger partial charge in [0.1, 0.15) is 6.10 Å². The van der Waals surface area contributed by atoms with Crippen LogP contribution in [0.15, 0.2) is 0 Å². The van der Waals surface area contributed by atoms with Crippen LogP contribution in [0.3, 0.4) is 0 Å². The molecule has 0 amide bonds. The Bertz CT molecular complexity index is 143. The molecule has 0 spiro atoms. The maximum absolute atomic E-state index is 9.53. The largest absolute Gasteiger partial charge is 0.394 e. The third-order valence-corrected chi connectivity index (χ3v) is 2.48. The predicted molar refractivity (Wildman–Crippen MR) is 43.9 cm³/mol. The summed E-state index contributed by atoms with van der Waals surface area (Å²) in [4.78, 5) is 0. The van der Waals surface area contributed by atoms with E-state index in [9.17, 15) is 10.2 Å². The molecule has 78 valence electrons. The number of aliphatic hydroxyl groups excluding tert-OH is 3. The van der Waals surface area contributed by atoms with Gasteiger partial charge in [0, 0.05) is 13.0 Å². The summed E-state index contributed by atoms with van der Waals surface area (Å²) in [5.74, 6) is -0.300. The first kappa shape index (κ1) is 10.9. The fraction of sp³-hybridized carbons (Fsp3) is 1.00. The molecule has 5 nitrogen and oxygen atoms in total.